The zero-order valence-electron chi connectivity index (χ0n) is 10.8. The summed E-state index contributed by atoms with van der Waals surface area (Å²) in [5.41, 5.74) is 0. The van der Waals surface area contributed by atoms with Crippen LogP contribution in [0, 0.1) is 11.6 Å². The number of hydrogen-bond donors (Lipinski definition) is 1. The first-order valence-electron chi connectivity index (χ1n) is 6.25. The molecule has 0 atom stereocenters. The van der Waals surface area contributed by atoms with Gasteiger partial charge in [0.15, 0.2) is 11.6 Å². The molecule has 1 aromatic carbocycles. The van der Waals surface area contributed by atoms with E-state index in [9.17, 15) is 17.2 Å². The van der Waals surface area contributed by atoms with E-state index in [-0.39, 0.29) is 12.4 Å². The Kier molecular flexibility index (Phi) is 4.56. The van der Waals surface area contributed by atoms with E-state index in [4.69, 9.17) is 9.88 Å². The highest BCUT2D eigenvalue weighted by Crippen LogP contribution is 2.24. The molecular weight excluding hydrogens is 290 g/mol. The van der Waals surface area contributed by atoms with Gasteiger partial charge in [-0.2, -0.15) is 4.39 Å². The molecule has 1 aliphatic rings. The van der Waals surface area contributed by atoms with Crippen LogP contribution in [0.1, 0.15) is 12.8 Å². The van der Waals surface area contributed by atoms with E-state index in [2.05, 4.69) is 4.90 Å². The maximum atomic E-state index is 13.7. The van der Waals surface area contributed by atoms with Crippen molar-refractivity contribution in [3.05, 3.63) is 23.8 Å². The first-order chi connectivity index (χ1) is 9.39. The summed E-state index contributed by atoms with van der Waals surface area (Å²) in [5, 5.41) is 4.78. The Morgan fingerprint density at radius 2 is 1.85 bits per heavy atom. The van der Waals surface area contributed by atoms with E-state index in [1.165, 1.54) is 0 Å². The van der Waals surface area contributed by atoms with Crippen LogP contribution in [0.2, 0.25) is 0 Å². The second-order valence-corrected chi connectivity index (χ2v) is 6.16. The number of halogens is 2. The van der Waals surface area contributed by atoms with Crippen LogP contribution in [0.5, 0.6) is 5.75 Å². The van der Waals surface area contributed by atoms with Gasteiger partial charge in [0.2, 0.25) is 15.8 Å². The number of benzene rings is 1. The first-order valence-corrected chi connectivity index (χ1v) is 7.80. The Labute approximate surface area is 116 Å². The lowest BCUT2D eigenvalue weighted by Gasteiger charge is -2.15. The van der Waals surface area contributed by atoms with Crippen LogP contribution in [0.25, 0.3) is 0 Å². The third-order valence-electron chi connectivity index (χ3n) is 3.18. The fourth-order valence-electron chi connectivity index (χ4n) is 2.14. The van der Waals surface area contributed by atoms with Crippen molar-refractivity contribution in [1.29, 1.82) is 0 Å². The van der Waals surface area contributed by atoms with E-state index in [0.717, 1.165) is 38.1 Å². The highest BCUT2D eigenvalue weighted by atomic mass is 32.2. The van der Waals surface area contributed by atoms with Crippen molar-refractivity contribution in [2.24, 2.45) is 5.14 Å². The van der Waals surface area contributed by atoms with E-state index in [0.29, 0.717) is 6.54 Å². The molecule has 1 aliphatic heterocycles. The number of sulfonamides is 1. The summed E-state index contributed by atoms with van der Waals surface area (Å²) < 4.78 is 54.4. The van der Waals surface area contributed by atoms with Crippen LogP contribution in [0.3, 0.4) is 0 Å². The number of nitrogens with two attached hydrogens (primary N) is 1. The summed E-state index contributed by atoms with van der Waals surface area (Å²) in [4.78, 5) is 1.29. The fraction of sp³-hybridized carbons (Fsp3) is 0.500. The van der Waals surface area contributed by atoms with Crippen LogP contribution >= 0.6 is 0 Å². The van der Waals surface area contributed by atoms with Crippen LogP contribution in [-0.4, -0.2) is 39.6 Å². The first kappa shape index (κ1) is 15.1. The summed E-state index contributed by atoms with van der Waals surface area (Å²) in [6.07, 6.45) is 2.26. The van der Waals surface area contributed by atoms with Crippen molar-refractivity contribution >= 4 is 10.0 Å². The molecule has 0 amide bonds. The molecule has 5 nitrogen and oxygen atoms in total. The Hall–Kier alpha value is -1.25. The molecule has 0 aromatic heterocycles. The second-order valence-electron chi connectivity index (χ2n) is 4.63. The fourth-order valence-corrected chi connectivity index (χ4v) is 2.73. The molecule has 0 radical (unpaired) electrons. The molecule has 0 saturated carbocycles. The highest BCUT2D eigenvalue weighted by Gasteiger charge is 2.21. The van der Waals surface area contributed by atoms with Crippen molar-refractivity contribution in [3.8, 4) is 5.75 Å². The zero-order valence-corrected chi connectivity index (χ0v) is 11.6. The number of hydrogen-bond acceptors (Lipinski definition) is 4. The van der Waals surface area contributed by atoms with Gasteiger partial charge in [0.25, 0.3) is 0 Å². The molecule has 0 spiro atoms. The van der Waals surface area contributed by atoms with Gasteiger partial charge in [0.05, 0.1) is 0 Å². The van der Waals surface area contributed by atoms with E-state index >= 15 is 0 Å². The minimum Gasteiger partial charge on any atom is -0.489 e. The quantitative estimate of drug-likeness (QED) is 0.884. The smallest absolute Gasteiger partial charge is 0.241 e. The van der Waals surface area contributed by atoms with Crippen molar-refractivity contribution in [2.45, 2.75) is 17.7 Å². The van der Waals surface area contributed by atoms with Gasteiger partial charge in [-0.1, -0.05) is 0 Å². The van der Waals surface area contributed by atoms with E-state index in [1.807, 2.05) is 0 Å². The van der Waals surface area contributed by atoms with Crippen LogP contribution in [0.4, 0.5) is 8.78 Å². The number of primary sulfonamides is 1. The van der Waals surface area contributed by atoms with Crippen LogP contribution in [-0.2, 0) is 10.0 Å². The summed E-state index contributed by atoms with van der Waals surface area (Å²) in [6.45, 7) is 2.79. The molecule has 8 heteroatoms. The molecule has 2 rings (SSSR count). The van der Waals surface area contributed by atoms with Gasteiger partial charge in [0, 0.05) is 6.54 Å². The summed E-state index contributed by atoms with van der Waals surface area (Å²) in [7, 11) is -4.29. The number of nitrogens with zero attached hydrogens (tertiary/aromatic N) is 1. The molecule has 1 saturated heterocycles. The topological polar surface area (TPSA) is 72.6 Å². The maximum absolute atomic E-state index is 13.7. The minimum absolute atomic E-state index is 0.213. The van der Waals surface area contributed by atoms with Crippen molar-refractivity contribution < 1.29 is 21.9 Å². The Morgan fingerprint density at radius 1 is 1.20 bits per heavy atom. The van der Waals surface area contributed by atoms with Gasteiger partial charge in [-0.3, -0.25) is 4.90 Å². The average Bonchev–Trinajstić information content (AvgIpc) is 2.86. The van der Waals surface area contributed by atoms with Crippen molar-refractivity contribution in [3.63, 3.8) is 0 Å². The van der Waals surface area contributed by atoms with Crippen LogP contribution < -0.4 is 9.88 Å². The lowest BCUT2D eigenvalue weighted by atomic mass is 10.3. The van der Waals surface area contributed by atoms with Gasteiger partial charge in [0.1, 0.15) is 11.5 Å². The number of ether oxygens (including phenoxy) is 1. The summed E-state index contributed by atoms with van der Waals surface area (Å²) in [6, 6.07) is 1.97. The Bertz CT molecular complexity index is 587. The third kappa shape index (κ3) is 3.44. The molecule has 2 N–H and O–H groups in total. The molecule has 1 aromatic rings. The van der Waals surface area contributed by atoms with Gasteiger partial charge in [-0.25, -0.2) is 17.9 Å². The second kappa shape index (κ2) is 6.02. The van der Waals surface area contributed by atoms with E-state index in [1.54, 1.807) is 0 Å². The van der Waals surface area contributed by atoms with Crippen LogP contribution in [0.15, 0.2) is 17.0 Å². The molecule has 0 unspecified atom stereocenters. The molecule has 112 valence electrons. The molecule has 0 aliphatic carbocycles. The molecular formula is C12H16F2N2O3S. The third-order valence-corrected chi connectivity index (χ3v) is 4.11. The minimum atomic E-state index is -4.29. The zero-order chi connectivity index (χ0) is 14.8. The van der Waals surface area contributed by atoms with Gasteiger partial charge >= 0.3 is 0 Å². The van der Waals surface area contributed by atoms with Crippen molar-refractivity contribution in [1.82, 2.24) is 4.90 Å². The SMILES string of the molecule is NS(=O)(=O)c1ccc(OCCN2CCCC2)c(F)c1F. The largest absolute Gasteiger partial charge is 0.489 e. The lowest BCUT2D eigenvalue weighted by Crippen LogP contribution is -2.25. The highest BCUT2D eigenvalue weighted by molar-refractivity contribution is 7.89. The maximum Gasteiger partial charge on any atom is 0.241 e. The molecule has 20 heavy (non-hydrogen) atoms. The predicted octanol–water partition coefficient (Wildman–Crippen LogP) is 1.09. The molecule has 1 heterocycles. The monoisotopic (exact) mass is 306 g/mol. The van der Waals surface area contributed by atoms with E-state index < -0.39 is 26.6 Å². The van der Waals surface area contributed by atoms with Gasteiger partial charge in [-0.05, 0) is 38.1 Å². The summed E-state index contributed by atoms with van der Waals surface area (Å²) >= 11 is 0. The normalized spacial score (nSPS) is 16.6. The molecule has 1 fully saturated rings. The number of rotatable bonds is 5. The Balaban J connectivity index is 2.04. The molecule has 0 bridgehead atoms. The standard InChI is InChI=1S/C12H16F2N2O3S/c13-11-9(19-8-7-16-5-1-2-6-16)3-4-10(12(11)14)20(15,17)18/h3-4H,1-2,5-8H2,(H2,15,17,18). The summed E-state index contributed by atoms with van der Waals surface area (Å²) in [5.74, 6) is -3.15. The lowest BCUT2D eigenvalue weighted by molar-refractivity contribution is 0.228. The van der Waals surface area contributed by atoms with Gasteiger partial charge in [-0.15, -0.1) is 0 Å². The number of likely N-dealkylation sites (tertiary alicyclic amines) is 1. The predicted molar refractivity (Wildman–Crippen MR) is 68.9 cm³/mol. The Morgan fingerprint density at radius 3 is 2.45 bits per heavy atom. The van der Waals surface area contributed by atoms with Gasteiger partial charge < -0.3 is 4.74 Å². The van der Waals surface area contributed by atoms with Crippen molar-refractivity contribution in [2.75, 3.05) is 26.2 Å². The average molecular weight is 306 g/mol.